The van der Waals surface area contributed by atoms with E-state index in [0.29, 0.717) is 26.4 Å². The van der Waals surface area contributed by atoms with Gasteiger partial charge < -0.3 is 29.1 Å². The largest absolute Gasteiger partial charge is 0.411 e. The summed E-state index contributed by atoms with van der Waals surface area (Å²) in [7, 11) is 2.14. The van der Waals surface area contributed by atoms with Crippen molar-refractivity contribution >= 4 is 5.71 Å². The van der Waals surface area contributed by atoms with Gasteiger partial charge in [0.1, 0.15) is 0 Å². The van der Waals surface area contributed by atoms with E-state index in [-0.39, 0.29) is 24.4 Å². The normalized spacial score (nSPS) is 18.6. The molecule has 0 saturated carbocycles. The lowest BCUT2D eigenvalue weighted by Crippen LogP contribution is -2.46. The van der Waals surface area contributed by atoms with Gasteiger partial charge in [-0.05, 0) is 58.7 Å². The Morgan fingerprint density at radius 3 is 1.35 bits per heavy atom. The second kappa shape index (κ2) is 15.2. The smallest absolute Gasteiger partial charge is 0.183 e. The quantitative estimate of drug-likeness (QED) is 0.201. The van der Waals surface area contributed by atoms with Crippen LogP contribution in [0.15, 0.2) is 53.7 Å². The molecule has 1 aliphatic rings. The van der Waals surface area contributed by atoms with Crippen molar-refractivity contribution in [2.75, 3.05) is 46.6 Å². The maximum Gasteiger partial charge on any atom is 0.183 e. The third-order valence-corrected chi connectivity index (χ3v) is 6.76. The van der Waals surface area contributed by atoms with E-state index in [1.165, 1.54) is 11.1 Å². The van der Waals surface area contributed by atoms with Gasteiger partial charge in [0.15, 0.2) is 12.6 Å². The third-order valence-electron chi connectivity index (χ3n) is 6.76. The first-order valence-corrected chi connectivity index (χ1v) is 13.6. The van der Waals surface area contributed by atoms with Gasteiger partial charge in [-0.3, -0.25) is 0 Å². The molecule has 1 saturated heterocycles. The van der Waals surface area contributed by atoms with Crippen molar-refractivity contribution in [3.05, 3.63) is 70.8 Å². The number of rotatable bonds is 14. The van der Waals surface area contributed by atoms with E-state index >= 15 is 0 Å². The molecule has 0 aliphatic carbocycles. The summed E-state index contributed by atoms with van der Waals surface area (Å²) in [6, 6.07) is 16.8. The summed E-state index contributed by atoms with van der Waals surface area (Å²) in [5.74, 6) is 0.294. The number of hydrogen-bond acceptors (Lipinski definition) is 7. The molecule has 2 atom stereocenters. The number of nitrogens with zero attached hydrogens (tertiary/aromatic N) is 2. The molecule has 1 fully saturated rings. The van der Waals surface area contributed by atoms with E-state index in [1.54, 1.807) is 0 Å². The van der Waals surface area contributed by atoms with Gasteiger partial charge in [0.25, 0.3) is 0 Å². The van der Waals surface area contributed by atoms with Crippen molar-refractivity contribution < 1.29 is 24.2 Å². The van der Waals surface area contributed by atoms with Crippen LogP contribution in [-0.4, -0.2) is 62.4 Å². The van der Waals surface area contributed by atoms with Crippen molar-refractivity contribution in [3.8, 4) is 0 Å². The molecule has 7 heteroatoms. The molecule has 0 aromatic heterocycles. The molecule has 2 aromatic carbocycles. The summed E-state index contributed by atoms with van der Waals surface area (Å²) in [5, 5.41) is 13.9. The topological polar surface area (TPSA) is 72.8 Å². The fourth-order valence-electron chi connectivity index (χ4n) is 5.13. The summed E-state index contributed by atoms with van der Waals surface area (Å²) in [5.41, 5.74) is 5.33. The third kappa shape index (κ3) is 8.35. The van der Waals surface area contributed by atoms with E-state index in [4.69, 9.17) is 18.9 Å². The highest BCUT2D eigenvalue weighted by Crippen LogP contribution is 2.27. The molecule has 1 aliphatic heterocycles. The van der Waals surface area contributed by atoms with Gasteiger partial charge in [-0.25, -0.2) is 0 Å². The van der Waals surface area contributed by atoms with E-state index < -0.39 is 0 Å². The van der Waals surface area contributed by atoms with Crippen LogP contribution in [0.2, 0.25) is 0 Å². The molecule has 0 spiro atoms. The van der Waals surface area contributed by atoms with Crippen LogP contribution in [0, 0.1) is 11.8 Å². The summed E-state index contributed by atoms with van der Waals surface area (Å²) in [4.78, 5) is 2.34. The predicted molar refractivity (Wildman–Crippen MR) is 146 cm³/mol. The zero-order valence-electron chi connectivity index (χ0n) is 23.1. The fourth-order valence-corrected chi connectivity index (χ4v) is 5.13. The van der Waals surface area contributed by atoms with Gasteiger partial charge in [0, 0.05) is 62.5 Å². The molecule has 7 nitrogen and oxygen atoms in total. The van der Waals surface area contributed by atoms with Crippen LogP contribution in [0.5, 0.6) is 0 Å². The second-order valence-electron chi connectivity index (χ2n) is 9.52. The molecule has 1 heterocycles. The zero-order chi connectivity index (χ0) is 26.6. The maximum absolute atomic E-state index is 10.0. The minimum Gasteiger partial charge on any atom is -0.411 e. The number of ether oxygens (including phenoxy) is 4. The number of piperidine rings is 1. The summed E-state index contributed by atoms with van der Waals surface area (Å²) >= 11 is 0. The van der Waals surface area contributed by atoms with Gasteiger partial charge >= 0.3 is 0 Å². The van der Waals surface area contributed by atoms with Crippen LogP contribution in [-0.2, 0) is 31.8 Å². The Kier molecular flexibility index (Phi) is 12.0. The Balaban J connectivity index is 1.69. The molecule has 37 heavy (non-hydrogen) atoms. The molecule has 204 valence electrons. The maximum atomic E-state index is 10.0. The van der Waals surface area contributed by atoms with Crippen molar-refractivity contribution in [1.82, 2.24) is 4.90 Å². The van der Waals surface area contributed by atoms with Crippen molar-refractivity contribution in [2.24, 2.45) is 17.0 Å². The number of likely N-dealkylation sites (tertiary alicyclic amines) is 1. The molecule has 1 N–H and O–H groups in total. The lowest BCUT2D eigenvalue weighted by Gasteiger charge is -2.36. The monoisotopic (exact) mass is 512 g/mol. The van der Waals surface area contributed by atoms with Gasteiger partial charge in [0.2, 0.25) is 0 Å². The fraction of sp³-hybridized carbons (Fsp3) is 0.567. The first-order valence-electron chi connectivity index (χ1n) is 13.6. The predicted octanol–water partition coefficient (Wildman–Crippen LogP) is 5.62. The molecule has 3 rings (SSSR count). The Labute approximate surface area is 222 Å². The lowest BCUT2D eigenvalue weighted by atomic mass is 9.80. The summed E-state index contributed by atoms with van der Waals surface area (Å²) in [6.45, 7) is 12.0. The zero-order valence-corrected chi connectivity index (χ0v) is 23.1. The Morgan fingerprint density at radius 1 is 0.703 bits per heavy atom. The van der Waals surface area contributed by atoms with Gasteiger partial charge in [-0.1, -0.05) is 53.7 Å². The molecular weight excluding hydrogens is 468 g/mol. The molecular formula is C30H44N2O5. The minimum atomic E-state index is -0.340. The average Bonchev–Trinajstić information content (AvgIpc) is 2.89. The van der Waals surface area contributed by atoms with Crippen LogP contribution in [0.4, 0.5) is 0 Å². The van der Waals surface area contributed by atoms with E-state index in [0.717, 1.165) is 42.8 Å². The van der Waals surface area contributed by atoms with Gasteiger partial charge in [-0.2, -0.15) is 0 Å². The average molecular weight is 513 g/mol. The number of benzene rings is 2. The first kappa shape index (κ1) is 29.3. The molecule has 0 amide bonds. The molecule has 2 aromatic rings. The summed E-state index contributed by atoms with van der Waals surface area (Å²) in [6.07, 6.45) is 0.954. The van der Waals surface area contributed by atoms with Gasteiger partial charge in [-0.15, -0.1) is 0 Å². The Bertz CT molecular complexity index is 862. The summed E-state index contributed by atoms with van der Waals surface area (Å²) < 4.78 is 22.9. The highest BCUT2D eigenvalue weighted by atomic mass is 16.7. The van der Waals surface area contributed by atoms with E-state index in [9.17, 15) is 5.21 Å². The van der Waals surface area contributed by atoms with E-state index in [1.807, 2.05) is 27.7 Å². The first-order chi connectivity index (χ1) is 18.0. The van der Waals surface area contributed by atoms with Crippen LogP contribution < -0.4 is 0 Å². The van der Waals surface area contributed by atoms with Crippen LogP contribution >= 0.6 is 0 Å². The lowest BCUT2D eigenvalue weighted by molar-refractivity contribution is -0.140. The SMILES string of the molecule is CCOC(OCC)c1ccc(CC2CN(C)CC(Cc3ccc(C(OCC)OCC)cc3)C2=NO)cc1. The highest BCUT2D eigenvalue weighted by molar-refractivity contribution is 5.90. The van der Waals surface area contributed by atoms with Crippen molar-refractivity contribution in [1.29, 1.82) is 0 Å². The molecule has 2 unspecified atom stereocenters. The van der Waals surface area contributed by atoms with Crippen molar-refractivity contribution in [2.45, 2.75) is 53.1 Å². The molecule has 0 bridgehead atoms. The standard InChI is InChI=1S/C30H44N2O5/c1-6-34-29(35-7-2)24-14-10-22(11-15-24)18-26-20-32(5)21-27(28(26)31-33)19-23-12-16-25(17-13-23)30(36-8-3)37-9-4/h10-17,26-27,29-30,33H,6-9,18-21H2,1-5H3. The Morgan fingerprint density at radius 2 is 1.05 bits per heavy atom. The Hall–Kier alpha value is -2.29. The van der Waals surface area contributed by atoms with Crippen molar-refractivity contribution in [3.63, 3.8) is 0 Å². The van der Waals surface area contributed by atoms with Crippen LogP contribution in [0.3, 0.4) is 0 Å². The van der Waals surface area contributed by atoms with Gasteiger partial charge in [0.05, 0.1) is 5.71 Å². The van der Waals surface area contributed by atoms with E-state index in [2.05, 4.69) is 65.6 Å². The molecule has 0 radical (unpaired) electrons. The second-order valence-corrected chi connectivity index (χ2v) is 9.52. The number of hydrogen-bond donors (Lipinski definition) is 1. The number of oxime groups is 1. The van der Waals surface area contributed by atoms with Crippen LogP contribution in [0.25, 0.3) is 0 Å². The highest BCUT2D eigenvalue weighted by Gasteiger charge is 2.33. The van der Waals surface area contributed by atoms with Crippen LogP contribution in [0.1, 0.15) is 62.5 Å². The minimum absolute atomic E-state index is 0.147.